The summed E-state index contributed by atoms with van der Waals surface area (Å²) < 4.78 is 17.7. The minimum absolute atomic E-state index is 0.248. The van der Waals surface area contributed by atoms with Crippen LogP contribution in [-0.4, -0.2) is 36.6 Å². The minimum Gasteiger partial charge on any atom is -0.346 e. The van der Waals surface area contributed by atoms with Crippen LogP contribution in [0, 0.1) is 19.7 Å². The Bertz CT molecular complexity index is 992. The lowest BCUT2D eigenvalue weighted by atomic mass is 10.2. The van der Waals surface area contributed by atoms with E-state index in [1.165, 1.54) is 6.07 Å². The number of nitrogens with zero attached hydrogens (tertiary/aromatic N) is 5. The van der Waals surface area contributed by atoms with E-state index in [1.807, 2.05) is 43.6 Å². The Morgan fingerprint density at radius 3 is 2.71 bits per heavy atom. The van der Waals surface area contributed by atoms with Gasteiger partial charge in [-0.05, 0) is 44.3 Å². The second kappa shape index (κ2) is 8.28. The van der Waals surface area contributed by atoms with E-state index in [2.05, 4.69) is 15.5 Å². The van der Waals surface area contributed by atoms with E-state index >= 15 is 0 Å². The summed E-state index contributed by atoms with van der Waals surface area (Å²) in [5.74, 6) is -0.346. The predicted octanol–water partition coefficient (Wildman–Crippen LogP) is 3.90. The van der Waals surface area contributed by atoms with Crippen molar-refractivity contribution >= 4 is 34.6 Å². The molecular weight excluding hydrogens is 399 g/mol. The van der Waals surface area contributed by atoms with Gasteiger partial charge in [0, 0.05) is 30.9 Å². The van der Waals surface area contributed by atoms with Crippen LogP contribution in [0.4, 0.5) is 10.1 Å². The normalized spacial score (nSPS) is 10.9. The number of hydrogen-bond acceptors (Lipinski definition) is 3. The quantitative estimate of drug-likeness (QED) is 0.634. The fourth-order valence-corrected chi connectivity index (χ4v) is 3.33. The second-order valence-electron chi connectivity index (χ2n) is 6.64. The number of halogens is 2. The maximum absolute atomic E-state index is 14.1. The molecule has 0 saturated carbocycles. The minimum atomic E-state index is -0.346. The highest BCUT2D eigenvalue weighted by Gasteiger charge is 2.17. The Balaban J connectivity index is 1.76. The number of hydrogen-bond donors (Lipinski definition) is 1. The summed E-state index contributed by atoms with van der Waals surface area (Å²) in [5.41, 5.74) is 3.91. The second-order valence-corrected chi connectivity index (χ2v) is 7.43. The zero-order valence-corrected chi connectivity index (χ0v) is 17.8. The first kappa shape index (κ1) is 20.3. The third-order valence-corrected chi connectivity index (χ3v) is 5.42. The van der Waals surface area contributed by atoms with Gasteiger partial charge in [0.05, 0.1) is 35.9 Å². The lowest BCUT2D eigenvalue weighted by Crippen LogP contribution is -2.31. The average molecular weight is 421 g/mol. The van der Waals surface area contributed by atoms with E-state index in [0.29, 0.717) is 22.2 Å². The van der Waals surface area contributed by atoms with Gasteiger partial charge >= 0.3 is 0 Å². The smallest absolute Gasteiger partial charge is 0.173 e. The summed E-state index contributed by atoms with van der Waals surface area (Å²) in [5, 5.41) is 12.9. The Morgan fingerprint density at radius 1 is 1.32 bits per heavy atom. The molecule has 2 aromatic heterocycles. The van der Waals surface area contributed by atoms with Gasteiger partial charge in [0.25, 0.3) is 0 Å². The van der Waals surface area contributed by atoms with Crippen LogP contribution in [-0.2, 0) is 20.1 Å². The summed E-state index contributed by atoms with van der Waals surface area (Å²) in [4.78, 5) is 1.93. The fraction of sp³-hybridized carbons (Fsp3) is 0.316. The van der Waals surface area contributed by atoms with Crippen LogP contribution in [0.1, 0.15) is 22.6 Å². The third kappa shape index (κ3) is 4.18. The maximum Gasteiger partial charge on any atom is 0.173 e. The van der Waals surface area contributed by atoms with Crippen molar-refractivity contribution in [3.05, 3.63) is 63.9 Å². The van der Waals surface area contributed by atoms with Gasteiger partial charge < -0.3 is 10.2 Å². The summed E-state index contributed by atoms with van der Waals surface area (Å²) in [6.45, 7) is 4.68. The summed E-state index contributed by atoms with van der Waals surface area (Å²) >= 11 is 11.7. The highest BCUT2D eigenvalue weighted by Crippen LogP contribution is 2.24. The van der Waals surface area contributed by atoms with Crippen molar-refractivity contribution in [2.45, 2.75) is 26.9 Å². The maximum atomic E-state index is 14.1. The first-order valence-electron chi connectivity index (χ1n) is 8.73. The van der Waals surface area contributed by atoms with E-state index in [-0.39, 0.29) is 12.4 Å². The molecule has 0 amide bonds. The molecule has 3 rings (SSSR count). The van der Waals surface area contributed by atoms with Crippen molar-refractivity contribution in [1.82, 2.24) is 24.5 Å². The highest BCUT2D eigenvalue weighted by molar-refractivity contribution is 7.80. The van der Waals surface area contributed by atoms with E-state index in [4.69, 9.17) is 23.8 Å². The molecule has 0 aliphatic heterocycles. The molecule has 0 bridgehead atoms. The highest BCUT2D eigenvalue weighted by atomic mass is 35.5. The van der Waals surface area contributed by atoms with Gasteiger partial charge in [-0.3, -0.25) is 9.36 Å². The molecule has 1 N–H and O–H groups in total. The number of aryl methyl sites for hydroxylation is 2. The zero-order chi connectivity index (χ0) is 20.4. The van der Waals surface area contributed by atoms with E-state index in [1.54, 1.807) is 23.0 Å². The standard InChI is InChI=1S/C19H22ClFN6S/c1-12-18(23-19(28)25(3)10-14-8-9-22-26(14)4)13(2)27(24-12)11-15-16(20)6-5-7-17(15)21/h5-9H,10-11H2,1-4H3,(H,23,28). The lowest BCUT2D eigenvalue weighted by molar-refractivity contribution is 0.482. The van der Waals surface area contributed by atoms with Crippen LogP contribution in [0.25, 0.3) is 0 Å². The Hall–Kier alpha value is -2.45. The summed E-state index contributed by atoms with van der Waals surface area (Å²) in [6, 6.07) is 6.61. The molecular formula is C19H22ClFN6S. The van der Waals surface area contributed by atoms with Crippen molar-refractivity contribution in [1.29, 1.82) is 0 Å². The topological polar surface area (TPSA) is 50.9 Å². The van der Waals surface area contributed by atoms with Crippen molar-refractivity contribution < 1.29 is 4.39 Å². The van der Waals surface area contributed by atoms with Gasteiger partial charge in [-0.25, -0.2) is 4.39 Å². The summed E-state index contributed by atoms with van der Waals surface area (Å²) in [7, 11) is 3.81. The van der Waals surface area contributed by atoms with Crippen LogP contribution in [0.3, 0.4) is 0 Å². The summed E-state index contributed by atoms with van der Waals surface area (Å²) in [6.07, 6.45) is 1.76. The molecule has 0 aliphatic carbocycles. The number of rotatable bonds is 5. The molecule has 6 nitrogen and oxygen atoms in total. The van der Waals surface area contributed by atoms with Crippen molar-refractivity contribution in [3.8, 4) is 0 Å². The third-order valence-electron chi connectivity index (χ3n) is 4.65. The number of thiocarbonyl (C=S) groups is 1. The van der Waals surface area contributed by atoms with Gasteiger partial charge in [-0.1, -0.05) is 17.7 Å². The van der Waals surface area contributed by atoms with E-state index < -0.39 is 0 Å². The molecule has 1 aromatic carbocycles. The molecule has 3 aromatic rings. The SMILES string of the molecule is Cc1nn(Cc2c(F)cccc2Cl)c(C)c1NC(=S)N(C)Cc1ccnn1C. The first-order chi connectivity index (χ1) is 13.3. The van der Waals surface area contributed by atoms with Crippen LogP contribution in [0.15, 0.2) is 30.5 Å². The fourth-order valence-electron chi connectivity index (χ4n) is 2.94. The number of benzene rings is 1. The molecule has 2 heterocycles. The van der Waals surface area contributed by atoms with Gasteiger partial charge in [0.1, 0.15) is 5.82 Å². The van der Waals surface area contributed by atoms with Crippen molar-refractivity contribution in [2.24, 2.45) is 7.05 Å². The van der Waals surface area contributed by atoms with Crippen LogP contribution in [0.2, 0.25) is 5.02 Å². The van der Waals surface area contributed by atoms with Gasteiger partial charge in [-0.2, -0.15) is 10.2 Å². The molecule has 0 spiro atoms. The molecule has 28 heavy (non-hydrogen) atoms. The molecule has 148 valence electrons. The Labute approximate surface area is 173 Å². The Morgan fingerprint density at radius 2 is 2.07 bits per heavy atom. The van der Waals surface area contributed by atoms with Gasteiger partial charge in [-0.15, -0.1) is 0 Å². The zero-order valence-electron chi connectivity index (χ0n) is 16.2. The number of aromatic nitrogens is 4. The van der Waals surface area contributed by atoms with Crippen LogP contribution >= 0.6 is 23.8 Å². The molecule has 0 aliphatic rings. The molecule has 0 radical (unpaired) electrons. The molecule has 0 atom stereocenters. The first-order valence-corrected chi connectivity index (χ1v) is 9.52. The van der Waals surface area contributed by atoms with Crippen molar-refractivity contribution in [2.75, 3.05) is 12.4 Å². The molecule has 0 unspecified atom stereocenters. The number of anilines is 1. The lowest BCUT2D eigenvalue weighted by Gasteiger charge is -2.21. The largest absolute Gasteiger partial charge is 0.346 e. The number of nitrogens with one attached hydrogen (secondary N) is 1. The van der Waals surface area contributed by atoms with Gasteiger partial charge in [0.15, 0.2) is 5.11 Å². The molecule has 0 fully saturated rings. The van der Waals surface area contributed by atoms with Crippen molar-refractivity contribution in [3.63, 3.8) is 0 Å². The monoisotopic (exact) mass is 420 g/mol. The molecule has 0 saturated heterocycles. The van der Waals surface area contributed by atoms with E-state index in [9.17, 15) is 4.39 Å². The Kier molecular flexibility index (Phi) is 6.00. The molecule has 9 heteroatoms. The van der Waals surface area contributed by atoms with Gasteiger partial charge in [0.2, 0.25) is 0 Å². The van der Waals surface area contributed by atoms with E-state index in [0.717, 1.165) is 22.8 Å². The average Bonchev–Trinajstić information content (AvgIpc) is 3.16. The van der Waals surface area contributed by atoms with Crippen LogP contribution in [0.5, 0.6) is 0 Å². The predicted molar refractivity (Wildman–Crippen MR) is 113 cm³/mol. The van der Waals surface area contributed by atoms with Crippen LogP contribution < -0.4 is 5.32 Å².